The van der Waals surface area contributed by atoms with Crippen molar-refractivity contribution < 1.29 is 13.9 Å². The van der Waals surface area contributed by atoms with Crippen molar-refractivity contribution in [1.29, 1.82) is 0 Å². The van der Waals surface area contributed by atoms with Gasteiger partial charge in [0.15, 0.2) is 0 Å². The normalized spacial score (nSPS) is 15.8. The fraction of sp³-hybridized carbons (Fsp3) is 0.316. The van der Waals surface area contributed by atoms with Crippen molar-refractivity contribution in [1.82, 2.24) is 4.90 Å². The van der Waals surface area contributed by atoms with E-state index in [1.165, 1.54) is 11.0 Å². The van der Waals surface area contributed by atoms with Gasteiger partial charge in [-0.3, -0.25) is 0 Å². The van der Waals surface area contributed by atoms with Crippen LogP contribution in [0.2, 0.25) is 0 Å². The molecule has 0 fully saturated rings. The van der Waals surface area contributed by atoms with Gasteiger partial charge in [-0.1, -0.05) is 18.2 Å². The van der Waals surface area contributed by atoms with Crippen LogP contribution in [0.25, 0.3) is 0 Å². The number of carbonyl (C=O) groups is 1. The average Bonchev–Trinajstić information content (AvgIpc) is 2.60. The highest BCUT2D eigenvalue weighted by molar-refractivity contribution is 5.70. The van der Waals surface area contributed by atoms with E-state index in [2.05, 4.69) is 5.32 Å². The predicted octanol–water partition coefficient (Wildman–Crippen LogP) is 3.66. The highest BCUT2D eigenvalue weighted by Crippen LogP contribution is 2.30. The maximum Gasteiger partial charge on any atom is 0.414 e. The second kappa shape index (κ2) is 7.42. The van der Waals surface area contributed by atoms with E-state index in [9.17, 15) is 9.18 Å². The molecule has 2 aromatic carbocycles. The van der Waals surface area contributed by atoms with Crippen LogP contribution in [0.3, 0.4) is 0 Å². The fourth-order valence-corrected chi connectivity index (χ4v) is 2.98. The van der Waals surface area contributed by atoms with Gasteiger partial charge in [0.25, 0.3) is 0 Å². The molecule has 0 aliphatic carbocycles. The smallest absolute Gasteiger partial charge is 0.410 e. The molecular formula is C19H22FN3O2. The van der Waals surface area contributed by atoms with Gasteiger partial charge in [-0.2, -0.15) is 0 Å². The average molecular weight is 343 g/mol. The van der Waals surface area contributed by atoms with Crippen LogP contribution in [0.5, 0.6) is 5.75 Å². The number of aryl methyl sites for hydroxylation is 1. The lowest BCUT2D eigenvalue weighted by atomic mass is 9.95. The number of amides is 1. The van der Waals surface area contributed by atoms with E-state index in [0.717, 1.165) is 18.4 Å². The molecule has 1 aliphatic rings. The van der Waals surface area contributed by atoms with E-state index in [4.69, 9.17) is 10.5 Å². The number of ether oxygens (including phenoxy) is 1. The molecule has 0 aromatic heterocycles. The fourth-order valence-electron chi connectivity index (χ4n) is 2.98. The first-order chi connectivity index (χ1) is 12.0. The van der Waals surface area contributed by atoms with Crippen LogP contribution >= 0.6 is 0 Å². The Bertz CT molecular complexity index is 752. The van der Waals surface area contributed by atoms with Gasteiger partial charge in [-0.15, -0.1) is 0 Å². The lowest BCUT2D eigenvalue weighted by Crippen LogP contribution is -2.35. The minimum absolute atomic E-state index is 0.109. The summed E-state index contributed by atoms with van der Waals surface area (Å²) in [4.78, 5) is 13.6. The summed E-state index contributed by atoms with van der Waals surface area (Å²) in [6.07, 6.45) is 1.95. The number of anilines is 2. The molecule has 0 saturated heterocycles. The SMILES string of the molecule is CN(CCC1CCc2cc(N)cc(F)c2N1)C(=O)Oc1ccccc1. The third-order valence-corrected chi connectivity index (χ3v) is 4.38. The largest absolute Gasteiger partial charge is 0.414 e. The van der Waals surface area contributed by atoms with Crippen LogP contribution in [0.4, 0.5) is 20.6 Å². The molecular weight excluding hydrogens is 321 g/mol. The van der Waals surface area contributed by atoms with Crippen molar-refractivity contribution >= 4 is 17.5 Å². The highest BCUT2D eigenvalue weighted by atomic mass is 19.1. The van der Waals surface area contributed by atoms with Crippen LogP contribution in [0, 0.1) is 5.82 Å². The van der Waals surface area contributed by atoms with Gasteiger partial charge in [0.1, 0.15) is 11.6 Å². The molecule has 5 nitrogen and oxygen atoms in total. The maximum atomic E-state index is 14.0. The van der Waals surface area contributed by atoms with Gasteiger partial charge in [-0.25, -0.2) is 9.18 Å². The van der Waals surface area contributed by atoms with Gasteiger partial charge in [0.2, 0.25) is 0 Å². The molecule has 3 rings (SSSR count). The number of rotatable bonds is 4. The Morgan fingerprint density at radius 3 is 2.88 bits per heavy atom. The highest BCUT2D eigenvalue weighted by Gasteiger charge is 2.22. The first-order valence-electron chi connectivity index (χ1n) is 8.35. The molecule has 1 atom stereocenters. The summed E-state index contributed by atoms with van der Waals surface area (Å²) in [5, 5.41) is 3.23. The number of nitrogens with zero attached hydrogens (tertiary/aromatic N) is 1. The zero-order valence-electron chi connectivity index (χ0n) is 14.2. The Morgan fingerprint density at radius 2 is 2.12 bits per heavy atom. The van der Waals surface area contributed by atoms with Crippen LogP contribution in [-0.4, -0.2) is 30.6 Å². The Labute approximate surface area is 146 Å². The molecule has 6 heteroatoms. The number of hydrogen-bond donors (Lipinski definition) is 2. The molecule has 1 unspecified atom stereocenters. The van der Waals surface area contributed by atoms with E-state index in [1.807, 2.05) is 24.3 Å². The number of hydrogen-bond acceptors (Lipinski definition) is 4. The number of para-hydroxylation sites is 1. The minimum atomic E-state index is -0.402. The number of fused-ring (bicyclic) bond motifs is 1. The van der Waals surface area contributed by atoms with Crippen molar-refractivity contribution in [3.8, 4) is 5.75 Å². The van der Waals surface area contributed by atoms with E-state index in [1.54, 1.807) is 19.2 Å². The summed E-state index contributed by atoms with van der Waals surface area (Å²) in [6.45, 7) is 0.523. The van der Waals surface area contributed by atoms with Crippen LogP contribution in [0.15, 0.2) is 42.5 Å². The molecule has 25 heavy (non-hydrogen) atoms. The van der Waals surface area contributed by atoms with Crippen molar-refractivity contribution in [2.75, 3.05) is 24.6 Å². The van der Waals surface area contributed by atoms with Crippen LogP contribution < -0.4 is 15.8 Å². The van der Waals surface area contributed by atoms with Crippen molar-refractivity contribution in [3.05, 3.63) is 53.8 Å². The Hall–Kier alpha value is -2.76. The molecule has 1 amide bonds. The summed E-state index contributed by atoms with van der Waals surface area (Å²) in [6, 6.07) is 12.2. The quantitative estimate of drug-likeness (QED) is 0.832. The molecule has 2 aromatic rings. The van der Waals surface area contributed by atoms with E-state index < -0.39 is 6.09 Å². The Morgan fingerprint density at radius 1 is 1.36 bits per heavy atom. The van der Waals surface area contributed by atoms with Gasteiger partial charge in [-0.05, 0) is 49.1 Å². The molecule has 0 saturated carbocycles. The first-order valence-corrected chi connectivity index (χ1v) is 8.35. The van der Waals surface area contributed by atoms with Crippen molar-refractivity contribution in [2.24, 2.45) is 0 Å². The second-order valence-electron chi connectivity index (χ2n) is 6.31. The van der Waals surface area contributed by atoms with Gasteiger partial charge in [0, 0.05) is 25.3 Å². The summed E-state index contributed by atoms with van der Waals surface area (Å²) in [5.74, 6) is 0.195. The summed E-state index contributed by atoms with van der Waals surface area (Å²) < 4.78 is 19.3. The minimum Gasteiger partial charge on any atom is -0.410 e. The zero-order chi connectivity index (χ0) is 17.8. The third-order valence-electron chi connectivity index (χ3n) is 4.38. The predicted molar refractivity (Wildman–Crippen MR) is 96.3 cm³/mol. The number of halogens is 1. The van der Waals surface area contributed by atoms with Gasteiger partial charge < -0.3 is 20.7 Å². The van der Waals surface area contributed by atoms with Crippen LogP contribution in [0.1, 0.15) is 18.4 Å². The van der Waals surface area contributed by atoms with Gasteiger partial charge in [0.05, 0.1) is 5.69 Å². The first kappa shape index (κ1) is 17.1. The lowest BCUT2D eigenvalue weighted by Gasteiger charge is -2.29. The molecule has 1 aliphatic heterocycles. The third kappa shape index (κ3) is 4.21. The Balaban J connectivity index is 1.52. The zero-order valence-corrected chi connectivity index (χ0v) is 14.2. The molecule has 0 radical (unpaired) electrons. The number of nitrogens with one attached hydrogen (secondary N) is 1. The standard InChI is InChI=1S/C19H22FN3O2/c1-23(19(24)25-16-5-3-2-4-6-16)10-9-15-8-7-13-11-14(21)12-17(20)18(13)22-15/h2-6,11-12,15,22H,7-10,21H2,1H3. The molecule has 1 heterocycles. The number of nitrogens with two attached hydrogens (primary N) is 1. The van der Waals surface area contributed by atoms with Crippen molar-refractivity contribution in [2.45, 2.75) is 25.3 Å². The van der Waals surface area contributed by atoms with E-state index in [0.29, 0.717) is 30.1 Å². The molecule has 3 N–H and O–H groups in total. The Kier molecular flexibility index (Phi) is 5.07. The number of nitrogen functional groups attached to an aromatic ring is 1. The summed E-state index contributed by atoms with van der Waals surface area (Å²) in [5.41, 5.74) is 7.57. The molecule has 0 spiro atoms. The van der Waals surface area contributed by atoms with Crippen molar-refractivity contribution in [3.63, 3.8) is 0 Å². The van der Waals surface area contributed by atoms with E-state index in [-0.39, 0.29) is 11.9 Å². The van der Waals surface area contributed by atoms with E-state index >= 15 is 0 Å². The topological polar surface area (TPSA) is 67.6 Å². The maximum absolute atomic E-state index is 14.0. The number of benzene rings is 2. The monoisotopic (exact) mass is 343 g/mol. The summed E-state index contributed by atoms with van der Waals surface area (Å²) >= 11 is 0. The molecule has 132 valence electrons. The van der Waals surface area contributed by atoms with Gasteiger partial charge >= 0.3 is 6.09 Å². The molecule has 0 bridgehead atoms. The van der Waals surface area contributed by atoms with Crippen LogP contribution in [-0.2, 0) is 6.42 Å². The second-order valence-corrected chi connectivity index (χ2v) is 6.31. The summed E-state index contributed by atoms with van der Waals surface area (Å²) in [7, 11) is 1.70. The lowest BCUT2D eigenvalue weighted by molar-refractivity contribution is 0.161. The number of carbonyl (C=O) groups excluding carboxylic acids is 1.